The van der Waals surface area contributed by atoms with Crippen molar-refractivity contribution < 1.29 is 14.2 Å². The third kappa shape index (κ3) is 3.55. The third-order valence-electron chi connectivity index (χ3n) is 4.87. The van der Waals surface area contributed by atoms with Crippen LogP contribution < -0.4 is 4.74 Å². The number of para-hydroxylation sites is 1. The first-order valence-electron chi connectivity index (χ1n) is 9.04. The topological polar surface area (TPSA) is 97.1 Å². The van der Waals surface area contributed by atoms with Crippen LogP contribution in [0.5, 0.6) is 5.75 Å². The lowest BCUT2D eigenvalue weighted by molar-refractivity contribution is 0.0601. The molecule has 140 valence electrons. The molecule has 2 aromatic heterocycles. The maximum absolute atomic E-state index is 13.3. The first-order valence-corrected chi connectivity index (χ1v) is 9.04. The molecule has 1 saturated heterocycles. The quantitative estimate of drug-likeness (QED) is 0.744. The van der Waals surface area contributed by atoms with E-state index in [4.69, 9.17) is 9.37 Å². The standard InChI is InChI=1S/C19H21N5O3/c1-13-16(23-27-22-13)12-26-18-8-3-2-6-14(18)19(25)24-11-5-4-7-17(24)15-9-10-20-21-15/h2-3,6,8-10,17H,4-5,7,11-12H2,1H3,(H,20,21)/t17-/m1/s1. The molecule has 1 fully saturated rings. The van der Waals surface area contributed by atoms with E-state index in [9.17, 15) is 4.79 Å². The van der Waals surface area contributed by atoms with Gasteiger partial charge in [-0.2, -0.15) is 5.10 Å². The molecule has 1 amide bonds. The number of carbonyl (C=O) groups is 1. The zero-order valence-corrected chi connectivity index (χ0v) is 15.1. The minimum Gasteiger partial charge on any atom is -0.486 e. The minimum atomic E-state index is -0.0418. The van der Waals surface area contributed by atoms with Crippen LogP contribution in [-0.2, 0) is 6.61 Å². The van der Waals surface area contributed by atoms with Crippen molar-refractivity contribution in [2.45, 2.75) is 38.8 Å². The second-order valence-corrected chi connectivity index (χ2v) is 6.60. The van der Waals surface area contributed by atoms with E-state index in [0.29, 0.717) is 29.2 Å². The number of hydrogen-bond donors (Lipinski definition) is 1. The Bertz CT molecular complexity index is 906. The fraction of sp³-hybridized carbons (Fsp3) is 0.368. The Labute approximate surface area is 156 Å². The van der Waals surface area contributed by atoms with Gasteiger partial charge in [0.25, 0.3) is 5.91 Å². The summed E-state index contributed by atoms with van der Waals surface area (Å²) in [7, 11) is 0. The van der Waals surface area contributed by atoms with Crippen LogP contribution in [0, 0.1) is 6.92 Å². The average Bonchev–Trinajstić information content (AvgIpc) is 3.38. The van der Waals surface area contributed by atoms with Crippen LogP contribution in [0.4, 0.5) is 0 Å². The Morgan fingerprint density at radius 1 is 1.30 bits per heavy atom. The number of piperidine rings is 1. The van der Waals surface area contributed by atoms with E-state index >= 15 is 0 Å². The van der Waals surface area contributed by atoms with Crippen molar-refractivity contribution in [2.75, 3.05) is 6.54 Å². The summed E-state index contributed by atoms with van der Waals surface area (Å²) in [6, 6.07) is 9.22. The van der Waals surface area contributed by atoms with Crippen LogP contribution >= 0.6 is 0 Å². The van der Waals surface area contributed by atoms with E-state index in [1.807, 2.05) is 23.1 Å². The smallest absolute Gasteiger partial charge is 0.258 e. The molecule has 1 aliphatic rings. The van der Waals surface area contributed by atoms with Crippen LogP contribution in [0.15, 0.2) is 41.2 Å². The second-order valence-electron chi connectivity index (χ2n) is 6.60. The normalized spacial score (nSPS) is 17.1. The molecule has 8 nitrogen and oxygen atoms in total. The highest BCUT2D eigenvalue weighted by Gasteiger charge is 2.30. The molecule has 1 aliphatic heterocycles. The van der Waals surface area contributed by atoms with Crippen molar-refractivity contribution in [3.63, 3.8) is 0 Å². The summed E-state index contributed by atoms with van der Waals surface area (Å²) in [6.07, 6.45) is 4.71. The lowest BCUT2D eigenvalue weighted by Gasteiger charge is -2.35. The van der Waals surface area contributed by atoms with E-state index in [1.54, 1.807) is 25.3 Å². The summed E-state index contributed by atoms with van der Waals surface area (Å²) in [4.78, 5) is 15.2. The monoisotopic (exact) mass is 367 g/mol. The van der Waals surface area contributed by atoms with Crippen molar-refractivity contribution in [2.24, 2.45) is 0 Å². The molecule has 3 heterocycles. The number of carbonyl (C=O) groups excluding carboxylic acids is 1. The largest absolute Gasteiger partial charge is 0.486 e. The van der Waals surface area contributed by atoms with Crippen molar-refractivity contribution in [1.82, 2.24) is 25.4 Å². The zero-order chi connectivity index (χ0) is 18.6. The lowest BCUT2D eigenvalue weighted by Crippen LogP contribution is -2.38. The Balaban J connectivity index is 1.57. The van der Waals surface area contributed by atoms with Crippen molar-refractivity contribution in [3.05, 3.63) is 59.2 Å². The Morgan fingerprint density at radius 2 is 2.19 bits per heavy atom. The first kappa shape index (κ1) is 17.3. The number of aromatic amines is 1. The summed E-state index contributed by atoms with van der Waals surface area (Å²) in [5.74, 6) is 0.485. The number of amides is 1. The highest BCUT2D eigenvalue weighted by molar-refractivity contribution is 5.97. The number of ether oxygens (including phenoxy) is 1. The van der Waals surface area contributed by atoms with Gasteiger partial charge in [0.2, 0.25) is 0 Å². The van der Waals surface area contributed by atoms with E-state index in [-0.39, 0.29) is 18.6 Å². The van der Waals surface area contributed by atoms with Gasteiger partial charge in [0.15, 0.2) is 0 Å². The van der Waals surface area contributed by atoms with Gasteiger partial charge in [0.05, 0.1) is 17.3 Å². The Morgan fingerprint density at radius 3 is 2.96 bits per heavy atom. The molecule has 27 heavy (non-hydrogen) atoms. The fourth-order valence-corrected chi connectivity index (χ4v) is 3.40. The van der Waals surface area contributed by atoms with Gasteiger partial charge < -0.3 is 9.64 Å². The van der Waals surface area contributed by atoms with Crippen LogP contribution in [-0.4, -0.2) is 37.9 Å². The van der Waals surface area contributed by atoms with Gasteiger partial charge >= 0.3 is 0 Å². The molecule has 0 unspecified atom stereocenters. The molecule has 3 aromatic rings. The minimum absolute atomic E-state index is 0.00351. The summed E-state index contributed by atoms with van der Waals surface area (Å²) < 4.78 is 10.6. The summed E-state index contributed by atoms with van der Waals surface area (Å²) in [6.45, 7) is 2.71. The van der Waals surface area contributed by atoms with E-state index < -0.39 is 0 Å². The number of rotatable bonds is 5. The summed E-state index contributed by atoms with van der Waals surface area (Å²) in [5, 5.41) is 14.6. The van der Waals surface area contributed by atoms with Crippen LogP contribution in [0.3, 0.4) is 0 Å². The van der Waals surface area contributed by atoms with Gasteiger partial charge in [-0.3, -0.25) is 9.89 Å². The van der Waals surface area contributed by atoms with Gasteiger partial charge in [-0.05, 0) is 44.4 Å². The number of H-pyrrole nitrogens is 1. The fourth-order valence-electron chi connectivity index (χ4n) is 3.40. The van der Waals surface area contributed by atoms with Crippen LogP contribution in [0.1, 0.15) is 52.7 Å². The molecule has 0 spiro atoms. The molecule has 1 atom stereocenters. The molecule has 0 radical (unpaired) electrons. The molecule has 0 aliphatic carbocycles. The van der Waals surface area contributed by atoms with Gasteiger partial charge in [-0.25, -0.2) is 4.63 Å². The summed E-state index contributed by atoms with van der Waals surface area (Å²) in [5.41, 5.74) is 2.79. The zero-order valence-electron chi connectivity index (χ0n) is 15.1. The third-order valence-corrected chi connectivity index (χ3v) is 4.87. The SMILES string of the molecule is Cc1nonc1COc1ccccc1C(=O)N1CCCC[C@@H]1c1ccn[nH]1. The van der Waals surface area contributed by atoms with E-state index in [0.717, 1.165) is 25.0 Å². The maximum atomic E-state index is 13.3. The highest BCUT2D eigenvalue weighted by atomic mass is 16.6. The van der Waals surface area contributed by atoms with E-state index in [2.05, 4.69) is 20.5 Å². The number of hydrogen-bond acceptors (Lipinski definition) is 6. The Hall–Kier alpha value is -3.16. The lowest BCUT2D eigenvalue weighted by atomic mass is 9.98. The molecule has 4 rings (SSSR count). The second kappa shape index (κ2) is 7.61. The maximum Gasteiger partial charge on any atom is 0.258 e. The summed E-state index contributed by atoms with van der Waals surface area (Å²) >= 11 is 0. The molecule has 1 N–H and O–H groups in total. The number of benzene rings is 1. The number of aromatic nitrogens is 4. The van der Waals surface area contributed by atoms with Gasteiger partial charge in [-0.15, -0.1) is 0 Å². The first-order chi connectivity index (χ1) is 13.2. The number of nitrogens with one attached hydrogen (secondary N) is 1. The molecular weight excluding hydrogens is 346 g/mol. The number of likely N-dealkylation sites (tertiary alicyclic amines) is 1. The van der Waals surface area contributed by atoms with Crippen molar-refractivity contribution >= 4 is 5.91 Å². The van der Waals surface area contributed by atoms with Gasteiger partial charge in [0, 0.05) is 12.7 Å². The van der Waals surface area contributed by atoms with Crippen molar-refractivity contribution in [3.8, 4) is 5.75 Å². The van der Waals surface area contributed by atoms with Crippen LogP contribution in [0.2, 0.25) is 0 Å². The average molecular weight is 367 g/mol. The molecule has 0 bridgehead atoms. The van der Waals surface area contributed by atoms with E-state index in [1.165, 1.54) is 0 Å². The Kier molecular flexibility index (Phi) is 4.86. The highest BCUT2D eigenvalue weighted by Crippen LogP contribution is 2.32. The van der Waals surface area contributed by atoms with Crippen LogP contribution in [0.25, 0.3) is 0 Å². The molecule has 0 saturated carbocycles. The predicted molar refractivity (Wildman–Crippen MR) is 96.0 cm³/mol. The number of aryl methyl sites for hydroxylation is 1. The molecule has 8 heteroatoms. The van der Waals surface area contributed by atoms with Gasteiger partial charge in [-0.1, -0.05) is 22.4 Å². The molecular formula is C19H21N5O3. The van der Waals surface area contributed by atoms with Crippen molar-refractivity contribution in [1.29, 1.82) is 0 Å². The molecule has 1 aromatic carbocycles. The van der Waals surface area contributed by atoms with Gasteiger partial charge in [0.1, 0.15) is 23.7 Å². The predicted octanol–water partition coefficient (Wildman–Crippen LogP) is 3.05. The number of nitrogens with zero attached hydrogens (tertiary/aromatic N) is 4.